The SMILES string of the molecule is CC(=O)c1c(C(F)(F)F)n[nH]c1C. The summed E-state index contributed by atoms with van der Waals surface area (Å²) in [7, 11) is 0. The van der Waals surface area contributed by atoms with Gasteiger partial charge in [-0.2, -0.15) is 18.3 Å². The molecule has 13 heavy (non-hydrogen) atoms. The van der Waals surface area contributed by atoms with Crippen molar-refractivity contribution in [2.75, 3.05) is 0 Å². The number of aromatic amines is 1. The predicted molar refractivity (Wildman–Crippen MR) is 38.3 cm³/mol. The molecule has 0 unspecified atom stereocenters. The fourth-order valence-corrected chi connectivity index (χ4v) is 1.07. The number of aryl methyl sites for hydroxylation is 1. The highest BCUT2D eigenvalue weighted by Gasteiger charge is 2.38. The summed E-state index contributed by atoms with van der Waals surface area (Å²) in [6, 6.07) is 0. The van der Waals surface area contributed by atoms with Crippen molar-refractivity contribution in [2.24, 2.45) is 0 Å². The molecule has 1 aromatic heterocycles. The summed E-state index contributed by atoms with van der Waals surface area (Å²) in [5, 5.41) is 5.17. The third-order valence-electron chi connectivity index (χ3n) is 1.57. The maximum Gasteiger partial charge on any atom is 0.435 e. The molecule has 1 aromatic rings. The number of carbonyl (C=O) groups is 1. The van der Waals surface area contributed by atoms with E-state index >= 15 is 0 Å². The summed E-state index contributed by atoms with van der Waals surface area (Å²) in [5.74, 6) is -0.640. The Bertz CT molecular complexity index is 340. The normalized spacial score (nSPS) is 11.8. The quantitative estimate of drug-likeness (QED) is 0.691. The number of carbonyl (C=O) groups excluding carboxylic acids is 1. The lowest BCUT2D eigenvalue weighted by Gasteiger charge is -2.03. The topological polar surface area (TPSA) is 45.8 Å². The van der Waals surface area contributed by atoms with Gasteiger partial charge in [0.2, 0.25) is 0 Å². The first kappa shape index (κ1) is 9.76. The fraction of sp³-hybridized carbons (Fsp3) is 0.429. The Balaban J connectivity index is 3.31. The molecule has 0 amide bonds. The third-order valence-corrected chi connectivity index (χ3v) is 1.57. The lowest BCUT2D eigenvalue weighted by molar-refractivity contribution is -0.141. The molecule has 6 heteroatoms. The largest absolute Gasteiger partial charge is 0.435 e. The molecule has 0 aliphatic heterocycles. The zero-order valence-corrected chi connectivity index (χ0v) is 6.99. The van der Waals surface area contributed by atoms with E-state index in [2.05, 4.69) is 10.2 Å². The molecule has 0 saturated carbocycles. The first-order valence-corrected chi connectivity index (χ1v) is 3.47. The van der Waals surface area contributed by atoms with Crippen LogP contribution in [0.3, 0.4) is 0 Å². The van der Waals surface area contributed by atoms with Gasteiger partial charge in [0.1, 0.15) is 0 Å². The van der Waals surface area contributed by atoms with E-state index in [-0.39, 0.29) is 11.3 Å². The fourth-order valence-electron chi connectivity index (χ4n) is 1.07. The molecule has 0 radical (unpaired) electrons. The minimum atomic E-state index is -4.58. The summed E-state index contributed by atoms with van der Waals surface area (Å²) in [5.41, 5.74) is -1.38. The Morgan fingerprint density at radius 2 is 2.00 bits per heavy atom. The molecule has 0 aliphatic rings. The number of hydrogen-bond acceptors (Lipinski definition) is 2. The van der Waals surface area contributed by atoms with Crippen molar-refractivity contribution in [3.05, 3.63) is 17.0 Å². The highest BCUT2D eigenvalue weighted by Crippen LogP contribution is 2.31. The third kappa shape index (κ3) is 1.71. The summed E-state index contributed by atoms with van der Waals surface area (Å²) in [6.07, 6.45) is -4.58. The van der Waals surface area contributed by atoms with Gasteiger partial charge >= 0.3 is 6.18 Å². The highest BCUT2D eigenvalue weighted by molar-refractivity contribution is 5.96. The van der Waals surface area contributed by atoms with Crippen LogP contribution in [0.15, 0.2) is 0 Å². The van der Waals surface area contributed by atoms with Crippen LogP contribution in [0, 0.1) is 6.92 Å². The maximum atomic E-state index is 12.2. The van der Waals surface area contributed by atoms with Crippen LogP contribution < -0.4 is 0 Å². The number of nitrogens with one attached hydrogen (secondary N) is 1. The van der Waals surface area contributed by atoms with Crippen molar-refractivity contribution < 1.29 is 18.0 Å². The zero-order chi connectivity index (χ0) is 10.2. The van der Waals surface area contributed by atoms with Crippen LogP contribution in [0.5, 0.6) is 0 Å². The van der Waals surface area contributed by atoms with Crippen molar-refractivity contribution in [1.82, 2.24) is 10.2 Å². The van der Waals surface area contributed by atoms with Crippen molar-refractivity contribution in [3.63, 3.8) is 0 Å². The van der Waals surface area contributed by atoms with Crippen molar-refractivity contribution in [2.45, 2.75) is 20.0 Å². The van der Waals surface area contributed by atoms with Gasteiger partial charge in [-0.3, -0.25) is 9.89 Å². The van der Waals surface area contributed by atoms with E-state index in [1.165, 1.54) is 6.92 Å². The molecule has 0 spiro atoms. The van der Waals surface area contributed by atoms with Crippen LogP contribution in [0.1, 0.15) is 28.7 Å². The van der Waals surface area contributed by atoms with E-state index in [9.17, 15) is 18.0 Å². The highest BCUT2D eigenvalue weighted by atomic mass is 19.4. The molecule has 0 aliphatic carbocycles. The van der Waals surface area contributed by atoms with E-state index in [4.69, 9.17) is 0 Å². The van der Waals surface area contributed by atoms with E-state index in [0.717, 1.165) is 6.92 Å². The van der Waals surface area contributed by atoms with E-state index in [0.29, 0.717) is 0 Å². The molecule has 72 valence electrons. The number of hydrogen-bond donors (Lipinski definition) is 1. The van der Waals surface area contributed by atoms with Gasteiger partial charge in [0.25, 0.3) is 0 Å². The molecule has 0 atom stereocenters. The minimum absolute atomic E-state index is 0.139. The summed E-state index contributed by atoms with van der Waals surface area (Å²) < 4.78 is 36.6. The Morgan fingerprint density at radius 3 is 2.31 bits per heavy atom. The number of ketones is 1. The second-order valence-electron chi connectivity index (χ2n) is 2.63. The molecule has 0 saturated heterocycles. The van der Waals surface area contributed by atoms with Crippen LogP contribution in [0.2, 0.25) is 0 Å². The maximum absolute atomic E-state index is 12.2. The first-order valence-electron chi connectivity index (χ1n) is 3.47. The Kier molecular flexibility index (Phi) is 2.15. The van der Waals surface area contributed by atoms with Gasteiger partial charge in [-0.05, 0) is 13.8 Å². The number of H-pyrrole nitrogens is 1. The molecule has 0 bridgehead atoms. The van der Waals surface area contributed by atoms with Crippen LogP contribution >= 0.6 is 0 Å². The van der Waals surface area contributed by atoms with Gasteiger partial charge < -0.3 is 0 Å². The zero-order valence-electron chi connectivity index (χ0n) is 6.99. The van der Waals surface area contributed by atoms with Crippen LogP contribution in [0.4, 0.5) is 13.2 Å². The molecule has 1 N–H and O–H groups in total. The number of Topliss-reactive ketones (excluding diaryl/α,β-unsaturated/α-hetero) is 1. The molecular weight excluding hydrogens is 185 g/mol. The number of alkyl halides is 3. The molecular formula is C7H7F3N2O. The second-order valence-corrected chi connectivity index (χ2v) is 2.63. The monoisotopic (exact) mass is 192 g/mol. The lowest BCUT2D eigenvalue weighted by atomic mass is 10.1. The summed E-state index contributed by atoms with van der Waals surface area (Å²) >= 11 is 0. The molecule has 0 aromatic carbocycles. The molecule has 0 fully saturated rings. The van der Waals surface area contributed by atoms with Gasteiger partial charge in [0.05, 0.1) is 5.56 Å². The Hall–Kier alpha value is -1.33. The van der Waals surface area contributed by atoms with Crippen molar-refractivity contribution in [3.8, 4) is 0 Å². The molecule has 1 rings (SSSR count). The van der Waals surface area contributed by atoms with Gasteiger partial charge in [-0.25, -0.2) is 0 Å². The average Bonchev–Trinajstić information content (AvgIpc) is 2.28. The second kappa shape index (κ2) is 2.86. The average molecular weight is 192 g/mol. The number of halogens is 3. The van der Waals surface area contributed by atoms with E-state index in [1.54, 1.807) is 0 Å². The summed E-state index contributed by atoms with van der Waals surface area (Å²) in [4.78, 5) is 10.8. The van der Waals surface area contributed by atoms with Crippen molar-refractivity contribution >= 4 is 5.78 Å². The van der Waals surface area contributed by atoms with Gasteiger partial charge in [-0.1, -0.05) is 0 Å². The Labute approximate surface area is 71.9 Å². The van der Waals surface area contributed by atoms with E-state index in [1.807, 2.05) is 0 Å². The first-order chi connectivity index (χ1) is 5.84. The van der Waals surface area contributed by atoms with Crippen molar-refractivity contribution in [1.29, 1.82) is 0 Å². The van der Waals surface area contributed by atoms with Crippen LogP contribution in [-0.4, -0.2) is 16.0 Å². The minimum Gasteiger partial charge on any atom is -0.294 e. The van der Waals surface area contributed by atoms with Crippen LogP contribution in [-0.2, 0) is 6.18 Å². The van der Waals surface area contributed by atoms with E-state index < -0.39 is 17.7 Å². The smallest absolute Gasteiger partial charge is 0.294 e. The standard InChI is InChI=1S/C7H7F3N2O/c1-3-5(4(2)13)6(12-11-3)7(8,9)10/h1-2H3,(H,11,12). The predicted octanol–water partition coefficient (Wildman–Crippen LogP) is 1.94. The van der Waals surface area contributed by atoms with Gasteiger partial charge in [0, 0.05) is 5.69 Å². The Morgan fingerprint density at radius 1 is 1.46 bits per heavy atom. The number of aromatic nitrogens is 2. The lowest BCUT2D eigenvalue weighted by Crippen LogP contribution is -2.11. The van der Waals surface area contributed by atoms with Gasteiger partial charge in [0.15, 0.2) is 11.5 Å². The molecule has 1 heterocycles. The number of rotatable bonds is 1. The summed E-state index contributed by atoms with van der Waals surface area (Å²) in [6.45, 7) is 2.45. The van der Waals surface area contributed by atoms with Crippen LogP contribution in [0.25, 0.3) is 0 Å². The molecule has 3 nitrogen and oxygen atoms in total. The van der Waals surface area contributed by atoms with Gasteiger partial charge in [-0.15, -0.1) is 0 Å². The number of nitrogens with zero attached hydrogens (tertiary/aromatic N) is 1.